The molecule has 1 N–H and O–H groups in total. The van der Waals surface area contributed by atoms with E-state index in [4.69, 9.17) is 11.6 Å². The second-order valence-corrected chi connectivity index (χ2v) is 4.66. The van der Waals surface area contributed by atoms with Crippen LogP contribution in [0.4, 0.5) is 0 Å². The molecule has 0 saturated carbocycles. The second-order valence-electron chi connectivity index (χ2n) is 4.22. The number of aromatic hydroxyl groups is 1. The number of hydrogen-bond donors (Lipinski definition) is 1. The van der Waals surface area contributed by atoms with Crippen molar-refractivity contribution in [1.29, 1.82) is 0 Å². The highest BCUT2D eigenvalue weighted by molar-refractivity contribution is 6.30. The summed E-state index contributed by atoms with van der Waals surface area (Å²) in [7, 11) is 0. The summed E-state index contributed by atoms with van der Waals surface area (Å²) < 4.78 is 0. The maximum absolute atomic E-state index is 10.0. The number of phenolic OH excluding ortho intramolecular Hbond substituents is 1. The van der Waals surface area contributed by atoms with Crippen LogP contribution in [-0.4, -0.2) is 5.11 Å². The van der Waals surface area contributed by atoms with E-state index in [0.717, 1.165) is 21.9 Å². The zero-order valence-corrected chi connectivity index (χ0v) is 10.4. The lowest BCUT2D eigenvalue weighted by molar-refractivity contribution is 0.482. The Morgan fingerprint density at radius 2 is 1.50 bits per heavy atom. The molecule has 0 aliphatic rings. The second kappa shape index (κ2) is 4.35. The maximum Gasteiger partial charge on any atom is 0.124 e. The molecule has 0 atom stereocenters. The summed E-state index contributed by atoms with van der Waals surface area (Å²) >= 11 is 5.88. The molecule has 0 aliphatic carbocycles. The summed E-state index contributed by atoms with van der Waals surface area (Å²) in [6, 6.07) is 19.2. The predicted octanol–water partition coefficient (Wildman–Crippen LogP) is 4.87. The molecule has 0 aromatic heterocycles. The third kappa shape index (κ3) is 1.93. The quantitative estimate of drug-likeness (QED) is 0.657. The lowest BCUT2D eigenvalue weighted by Crippen LogP contribution is -1.80. The van der Waals surface area contributed by atoms with E-state index in [1.165, 1.54) is 0 Å². The van der Waals surface area contributed by atoms with Crippen molar-refractivity contribution in [2.24, 2.45) is 0 Å². The predicted molar refractivity (Wildman–Crippen MR) is 76.1 cm³/mol. The van der Waals surface area contributed by atoms with Gasteiger partial charge in [-0.25, -0.2) is 0 Å². The topological polar surface area (TPSA) is 20.2 Å². The summed E-state index contributed by atoms with van der Waals surface area (Å²) in [4.78, 5) is 0. The standard InChI is InChI=1S/C16H11ClO/c17-14-7-5-11(6-8-14)13-9-12-3-1-2-4-15(12)16(18)10-13/h1-10,18H. The van der Waals surface area contributed by atoms with Gasteiger partial charge in [0.1, 0.15) is 5.75 Å². The molecule has 1 nitrogen and oxygen atoms in total. The third-order valence-corrected chi connectivity index (χ3v) is 3.27. The Morgan fingerprint density at radius 1 is 0.778 bits per heavy atom. The van der Waals surface area contributed by atoms with Crippen LogP contribution < -0.4 is 0 Å². The molecule has 0 unspecified atom stereocenters. The lowest BCUT2D eigenvalue weighted by atomic mass is 10.0. The van der Waals surface area contributed by atoms with Crippen molar-refractivity contribution < 1.29 is 5.11 Å². The fourth-order valence-corrected chi connectivity index (χ4v) is 2.23. The Balaban J connectivity index is 2.21. The van der Waals surface area contributed by atoms with E-state index in [1.807, 2.05) is 48.5 Å². The van der Waals surface area contributed by atoms with E-state index < -0.39 is 0 Å². The van der Waals surface area contributed by atoms with Crippen LogP contribution in [0.25, 0.3) is 21.9 Å². The van der Waals surface area contributed by atoms with Crippen molar-refractivity contribution in [2.75, 3.05) is 0 Å². The Kier molecular flexibility index (Phi) is 2.69. The van der Waals surface area contributed by atoms with Crippen molar-refractivity contribution in [2.45, 2.75) is 0 Å². The number of phenols is 1. The highest BCUT2D eigenvalue weighted by Gasteiger charge is 2.04. The van der Waals surface area contributed by atoms with Crippen LogP contribution in [0.15, 0.2) is 60.7 Å². The van der Waals surface area contributed by atoms with Gasteiger partial charge < -0.3 is 5.11 Å². The molecule has 0 aliphatic heterocycles. The molecule has 3 aromatic carbocycles. The smallest absolute Gasteiger partial charge is 0.124 e. The Bertz CT molecular complexity index is 702. The Morgan fingerprint density at radius 3 is 2.28 bits per heavy atom. The average molecular weight is 255 g/mol. The lowest BCUT2D eigenvalue weighted by Gasteiger charge is -2.06. The fourth-order valence-electron chi connectivity index (χ4n) is 2.10. The molecule has 0 fully saturated rings. The van der Waals surface area contributed by atoms with E-state index >= 15 is 0 Å². The Hall–Kier alpha value is -1.99. The average Bonchev–Trinajstić information content (AvgIpc) is 2.39. The van der Waals surface area contributed by atoms with Crippen molar-refractivity contribution >= 4 is 22.4 Å². The highest BCUT2D eigenvalue weighted by atomic mass is 35.5. The van der Waals surface area contributed by atoms with Gasteiger partial charge in [-0.3, -0.25) is 0 Å². The van der Waals surface area contributed by atoms with Gasteiger partial charge in [0.05, 0.1) is 0 Å². The summed E-state index contributed by atoms with van der Waals surface area (Å²) in [5.41, 5.74) is 2.03. The molecular weight excluding hydrogens is 244 g/mol. The van der Waals surface area contributed by atoms with Crippen LogP contribution >= 0.6 is 11.6 Å². The minimum Gasteiger partial charge on any atom is -0.507 e. The molecule has 3 rings (SSSR count). The van der Waals surface area contributed by atoms with Gasteiger partial charge in [-0.05, 0) is 40.8 Å². The van der Waals surface area contributed by atoms with Gasteiger partial charge in [-0.15, -0.1) is 0 Å². The van der Waals surface area contributed by atoms with Gasteiger partial charge in [0.15, 0.2) is 0 Å². The molecule has 2 heteroatoms. The third-order valence-electron chi connectivity index (χ3n) is 3.02. The largest absolute Gasteiger partial charge is 0.507 e. The molecule has 0 heterocycles. The molecule has 0 saturated heterocycles. The first-order valence-electron chi connectivity index (χ1n) is 5.72. The number of benzene rings is 3. The molecular formula is C16H11ClO. The van der Waals surface area contributed by atoms with Crippen molar-refractivity contribution in [3.63, 3.8) is 0 Å². The van der Waals surface area contributed by atoms with Crippen LogP contribution in [-0.2, 0) is 0 Å². The van der Waals surface area contributed by atoms with Gasteiger partial charge in [-0.1, -0.05) is 48.0 Å². The molecule has 18 heavy (non-hydrogen) atoms. The van der Waals surface area contributed by atoms with E-state index in [9.17, 15) is 5.11 Å². The van der Waals surface area contributed by atoms with Crippen LogP contribution in [0.1, 0.15) is 0 Å². The fraction of sp³-hybridized carbons (Fsp3) is 0. The monoisotopic (exact) mass is 254 g/mol. The van der Waals surface area contributed by atoms with Crippen LogP contribution in [0.3, 0.4) is 0 Å². The molecule has 3 aromatic rings. The molecule has 0 amide bonds. The van der Waals surface area contributed by atoms with Crippen molar-refractivity contribution in [3.05, 3.63) is 65.7 Å². The summed E-state index contributed by atoms with van der Waals surface area (Å²) in [6.07, 6.45) is 0. The minimum atomic E-state index is 0.304. The normalized spacial score (nSPS) is 10.7. The van der Waals surface area contributed by atoms with Crippen LogP contribution in [0, 0.1) is 0 Å². The summed E-state index contributed by atoms with van der Waals surface area (Å²) in [6.45, 7) is 0. The van der Waals surface area contributed by atoms with Crippen molar-refractivity contribution in [3.8, 4) is 16.9 Å². The molecule has 0 radical (unpaired) electrons. The number of hydrogen-bond acceptors (Lipinski definition) is 1. The van der Waals surface area contributed by atoms with E-state index in [0.29, 0.717) is 10.8 Å². The highest BCUT2D eigenvalue weighted by Crippen LogP contribution is 2.31. The van der Waals surface area contributed by atoms with E-state index in [1.54, 1.807) is 6.07 Å². The minimum absolute atomic E-state index is 0.304. The van der Waals surface area contributed by atoms with Crippen LogP contribution in [0.5, 0.6) is 5.75 Å². The van der Waals surface area contributed by atoms with Crippen LogP contribution in [0.2, 0.25) is 5.02 Å². The van der Waals surface area contributed by atoms with E-state index in [2.05, 4.69) is 6.07 Å². The van der Waals surface area contributed by atoms with Gasteiger partial charge in [0, 0.05) is 10.4 Å². The maximum atomic E-state index is 10.0. The Labute approximate surface area is 110 Å². The van der Waals surface area contributed by atoms with Gasteiger partial charge >= 0.3 is 0 Å². The molecule has 0 spiro atoms. The first kappa shape index (κ1) is 11.1. The number of rotatable bonds is 1. The molecule has 88 valence electrons. The van der Waals surface area contributed by atoms with Crippen molar-refractivity contribution in [1.82, 2.24) is 0 Å². The first-order valence-corrected chi connectivity index (χ1v) is 6.09. The number of fused-ring (bicyclic) bond motifs is 1. The van der Waals surface area contributed by atoms with Gasteiger partial charge in [-0.2, -0.15) is 0 Å². The van der Waals surface area contributed by atoms with Gasteiger partial charge in [0.25, 0.3) is 0 Å². The zero-order chi connectivity index (χ0) is 12.5. The zero-order valence-electron chi connectivity index (χ0n) is 9.60. The SMILES string of the molecule is Oc1cc(-c2ccc(Cl)cc2)cc2ccccc12. The first-order chi connectivity index (χ1) is 8.74. The van der Waals surface area contributed by atoms with E-state index in [-0.39, 0.29) is 0 Å². The number of halogens is 1. The summed E-state index contributed by atoms with van der Waals surface area (Å²) in [5, 5.41) is 12.7. The molecule has 0 bridgehead atoms. The summed E-state index contributed by atoms with van der Waals surface area (Å²) in [5.74, 6) is 0.304. The van der Waals surface area contributed by atoms with Gasteiger partial charge in [0.2, 0.25) is 0 Å².